The molecule has 27 heavy (non-hydrogen) atoms. The molecule has 0 bridgehead atoms. The van der Waals surface area contributed by atoms with Gasteiger partial charge in [-0.3, -0.25) is 0 Å². The number of fused-ring (bicyclic) bond motifs is 1. The number of aryl methyl sites for hydroxylation is 2. The summed E-state index contributed by atoms with van der Waals surface area (Å²) in [5.41, 5.74) is 2.79. The molecule has 0 saturated heterocycles. The summed E-state index contributed by atoms with van der Waals surface area (Å²) in [6, 6.07) is 9.96. The second kappa shape index (κ2) is 6.92. The molecule has 1 aromatic heterocycles. The zero-order valence-electron chi connectivity index (χ0n) is 15.1. The number of ether oxygens (including phenoxy) is 1. The van der Waals surface area contributed by atoms with E-state index in [9.17, 15) is 13.2 Å². The fourth-order valence-electron chi connectivity index (χ4n) is 2.81. The first-order valence-corrected chi connectivity index (χ1v) is 9.61. The summed E-state index contributed by atoms with van der Waals surface area (Å²) in [7, 11) is -2.34. The minimum Gasteiger partial charge on any atom is -0.497 e. The number of carboxylic acids is 1. The lowest BCUT2D eigenvalue weighted by molar-refractivity contribution is -0.131. The number of benzene rings is 2. The molecule has 2 aromatic carbocycles. The molecular weight excluding hydrogens is 366 g/mol. The topological polar surface area (TPSA) is 85.6 Å². The van der Waals surface area contributed by atoms with Crippen molar-refractivity contribution in [1.82, 2.24) is 3.97 Å². The van der Waals surface area contributed by atoms with Gasteiger partial charge in [-0.25, -0.2) is 17.2 Å². The van der Waals surface area contributed by atoms with Crippen LogP contribution in [0, 0.1) is 13.8 Å². The Morgan fingerprint density at radius 2 is 1.85 bits per heavy atom. The molecule has 0 amide bonds. The summed E-state index contributed by atoms with van der Waals surface area (Å²) in [4.78, 5) is 11.1. The van der Waals surface area contributed by atoms with Gasteiger partial charge >= 0.3 is 5.97 Å². The van der Waals surface area contributed by atoms with E-state index in [-0.39, 0.29) is 4.90 Å². The molecule has 3 rings (SSSR count). The molecule has 0 aliphatic heterocycles. The predicted molar refractivity (Wildman–Crippen MR) is 104 cm³/mol. The molecule has 7 heteroatoms. The van der Waals surface area contributed by atoms with Crippen LogP contribution in [0.5, 0.6) is 5.75 Å². The van der Waals surface area contributed by atoms with Crippen LogP contribution in [-0.4, -0.2) is 30.6 Å². The fourth-order valence-corrected chi connectivity index (χ4v) is 4.27. The van der Waals surface area contributed by atoms with Crippen molar-refractivity contribution < 1.29 is 23.1 Å². The van der Waals surface area contributed by atoms with Gasteiger partial charge in [-0.2, -0.15) is 0 Å². The van der Waals surface area contributed by atoms with Crippen LogP contribution in [0.3, 0.4) is 0 Å². The minimum absolute atomic E-state index is 0.173. The zero-order chi connectivity index (χ0) is 19.8. The van der Waals surface area contributed by atoms with Crippen LogP contribution in [0.25, 0.3) is 17.0 Å². The smallest absolute Gasteiger partial charge is 0.328 e. The van der Waals surface area contributed by atoms with E-state index < -0.39 is 16.0 Å². The van der Waals surface area contributed by atoms with Crippen LogP contribution in [0.1, 0.15) is 16.7 Å². The lowest BCUT2D eigenvalue weighted by atomic mass is 10.1. The minimum atomic E-state index is -3.85. The molecule has 6 nitrogen and oxygen atoms in total. The molecule has 0 aliphatic rings. The van der Waals surface area contributed by atoms with Gasteiger partial charge in [0.2, 0.25) is 0 Å². The van der Waals surface area contributed by atoms with Gasteiger partial charge < -0.3 is 9.84 Å². The molecule has 0 fully saturated rings. The average Bonchev–Trinajstić information content (AvgIpc) is 3.00. The number of rotatable bonds is 5. The normalized spacial score (nSPS) is 12.0. The van der Waals surface area contributed by atoms with Crippen molar-refractivity contribution in [2.75, 3.05) is 7.11 Å². The van der Waals surface area contributed by atoms with Crippen molar-refractivity contribution in [3.05, 3.63) is 65.4 Å². The van der Waals surface area contributed by atoms with Gasteiger partial charge in [-0.15, -0.1) is 0 Å². The van der Waals surface area contributed by atoms with Gasteiger partial charge in [0.15, 0.2) is 0 Å². The van der Waals surface area contributed by atoms with Crippen LogP contribution in [-0.2, 0) is 14.8 Å². The van der Waals surface area contributed by atoms with Crippen molar-refractivity contribution in [2.45, 2.75) is 18.7 Å². The van der Waals surface area contributed by atoms with Crippen LogP contribution < -0.4 is 4.74 Å². The van der Waals surface area contributed by atoms with E-state index in [2.05, 4.69) is 0 Å². The average molecular weight is 385 g/mol. The summed E-state index contributed by atoms with van der Waals surface area (Å²) in [5.74, 6) is -0.565. The Morgan fingerprint density at radius 1 is 1.11 bits per heavy atom. The highest BCUT2D eigenvalue weighted by atomic mass is 32.2. The Kier molecular flexibility index (Phi) is 4.80. The van der Waals surface area contributed by atoms with Crippen LogP contribution in [0.15, 0.2) is 53.6 Å². The van der Waals surface area contributed by atoms with Gasteiger partial charge in [0.25, 0.3) is 10.0 Å². The van der Waals surface area contributed by atoms with E-state index in [0.717, 1.165) is 17.2 Å². The van der Waals surface area contributed by atoms with E-state index in [1.165, 1.54) is 23.4 Å². The predicted octanol–water partition coefficient (Wildman–Crippen LogP) is 3.60. The molecule has 140 valence electrons. The second-order valence-electron chi connectivity index (χ2n) is 6.19. The maximum atomic E-state index is 13.2. The first-order chi connectivity index (χ1) is 12.7. The van der Waals surface area contributed by atoms with E-state index in [0.29, 0.717) is 22.2 Å². The van der Waals surface area contributed by atoms with Gasteiger partial charge in [0, 0.05) is 23.2 Å². The number of aromatic nitrogens is 1. The van der Waals surface area contributed by atoms with E-state index in [1.54, 1.807) is 36.4 Å². The number of carboxylic acid groups (broad SMARTS) is 1. The van der Waals surface area contributed by atoms with Crippen molar-refractivity contribution in [3.63, 3.8) is 0 Å². The summed E-state index contributed by atoms with van der Waals surface area (Å²) < 4.78 is 32.8. The molecular formula is C20H19NO5S. The lowest BCUT2D eigenvalue weighted by Crippen LogP contribution is -2.12. The number of hydrogen-bond acceptors (Lipinski definition) is 4. The monoisotopic (exact) mass is 385 g/mol. The van der Waals surface area contributed by atoms with Crippen molar-refractivity contribution in [1.29, 1.82) is 0 Å². The van der Waals surface area contributed by atoms with Gasteiger partial charge in [0.05, 0.1) is 17.5 Å². The van der Waals surface area contributed by atoms with Gasteiger partial charge in [-0.1, -0.05) is 6.07 Å². The van der Waals surface area contributed by atoms with E-state index >= 15 is 0 Å². The molecule has 0 saturated carbocycles. The Morgan fingerprint density at radius 3 is 2.48 bits per heavy atom. The SMILES string of the molecule is COc1ccc2c(c1)c(/C=C/C(=O)O)cn2S(=O)(=O)c1ccc(C)c(C)c1. The van der Waals surface area contributed by atoms with Gasteiger partial charge in [-0.05, 0) is 61.4 Å². The third kappa shape index (κ3) is 3.46. The number of aliphatic carboxylic acids is 1. The highest BCUT2D eigenvalue weighted by molar-refractivity contribution is 7.90. The summed E-state index contributed by atoms with van der Waals surface area (Å²) in [6.45, 7) is 3.77. The van der Waals surface area contributed by atoms with Gasteiger partial charge in [0.1, 0.15) is 5.75 Å². The number of methoxy groups -OCH3 is 1. The molecule has 0 unspecified atom stereocenters. The molecule has 0 aliphatic carbocycles. The largest absolute Gasteiger partial charge is 0.497 e. The number of nitrogens with zero attached hydrogens (tertiary/aromatic N) is 1. The van der Waals surface area contributed by atoms with Crippen LogP contribution in [0.2, 0.25) is 0 Å². The van der Waals surface area contributed by atoms with Crippen molar-refractivity contribution >= 4 is 33.0 Å². The third-order valence-corrected chi connectivity index (χ3v) is 6.12. The molecule has 0 atom stereocenters. The second-order valence-corrected chi connectivity index (χ2v) is 8.00. The highest BCUT2D eigenvalue weighted by Gasteiger charge is 2.21. The fraction of sp³-hybridized carbons (Fsp3) is 0.150. The zero-order valence-corrected chi connectivity index (χ0v) is 15.9. The number of carbonyl (C=O) groups is 1. The van der Waals surface area contributed by atoms with Crippen LogP contribution in [0.4, 0.5) is 0 Å². The Labute approximate surface area is 157 Å². The quantitative estimate of drug-likeness (QED) is 0.678. The maximum Gasteiger partial charge on any atom is 0.328 e. The lowest BCUT2D eigenvalue weighted by Gasteiger charge is -2.10. The van der Waals surface area contributed by atoms with E-state index in [4.69, 9.17) is 9.84 Å². The summed E-state index contributed by atoms with van der Waals surface area (Å²) in [5, 5.41) is 9.49. The maximum absolute atomic E-state index is 13.2. The summed E-state index contributed by atoms with van der Waals surface area (Å²) in [6.07, 6.45) is 3.77. The third-order valence-electron chi connectivity index (χ3n) is 4.45. The Bertz CT molecular complexity index is 1170. The highest BCUT2D eigenvalue weighted by Crippen LogP contribution is 2.30. The Hall–Kier alpha value is -3.06. The molecule has 1 N–H and O–H groups in total. The van der Waals surface area contributed by atoms with E-state index in [1.807, 2.05) is 13.8 Å². The standard InChI is InChI=1S/C20H19NO5S/c1-13-4-7-17(10-14(13)2)27(24,25)21-12-15(5-9-20(22)23)18-11-16(26-3)6-8-19(18)21/h4-12H,1-3H3,(H,22,23)/b9-5+. The summed E-state index contributed by atoms with van der Waals surface area (Å²) >= 11 is 0. The molecule has 0 radical (unpaired) electrons. The first-order valence-electron chi connectivity index (χ1n) is 8.17. The molecule has 3 aromatic rings. The molecule has 0 spiro atoms. The Balaban J connectivity index is 2.27. The van der Waals surface area contributed by atoms with Crippen molar-refractivity contribution in [3.8, 4) is 5.75 Å². The van der Waals surface area contributed by atoms with Crippen molar-refractivity contribution in [2.24, 2.45) is 0 Å². The first kappa shape index (κ1) is 18.7. The molecule has 1 heterocycles. The van der Waals surface area contributed by atoms with Crippen LogP contribution >= 0.6 is 0 Å². The number of hydrogen-bond donors (Lipinski definition) is 1.